The van der Waals surface area contributed by atoms with Crippen molar-refractivity contribution in [1.82, 2.24) is 4.98 Å². The first-order valence-corrected chi connectivity index (χ1v) is 8.84. The Morgan fingerprint density at radius 3 is 2.22 bits per heavy atom. The Balaban J connectivity index is 2.12. The number of hydrogen-bond donors (Lipinski definition) is 1. The molecule has 0 radical (unpaired) electrons. The summed E-state index contributed by atoms with van der Waals surface area (Å²) in [6, 6.07) is 19.0. The molecule has 1 heterocycles. The SMILES string of the molecule is Cc1cccc(C)c1N=c1oc2cccc(C)c2nc1-c1ccccc1O. The topological polar surface area (TPSA) is 58.6 Å². The molecular formula is C23H20N2O2. The van der Waals surface area contributed by atoms with Gasteiger partial charge in [-0.15, -0.1) is 0 Å². The molecule has 0 unspecified atom stereocenters. The maximum Gasteiger partial charge on any atom is 0.246 e. The fourth-order valence-electron chi connectivity index (χ4n) is 3.18. The summed E-state index contributed by atoms with van der Waals surface area (Å²) < 4.78 is 6.16. The number of nitrogens with zero attached hydrogens (tertiary/aromatic N) is 2. The van der Waals surface area contributed by atoms with E-state index in [1.54, 1.807) is 12.1 Å². The van der Waals surface area contributed by atoms with E-state index in [1.807, 2.05) is 69.3 Å². The van der Waals surface area contributed by atoms with Gasteiger partial charge in [0.1, 0.15) is 17.0 Å². The summed E-state index contributed by atoms with van der Waals surface area (Å²) in [5.74, 6) is 0.145. The predicted octanol–water partition coefficient (Wildman–Crippen LogP) is 5.36. The van der Waals surface area contributed by atoms with Crippen molar-refractivity contribution in [3.63, 3.8) is 0 Å². The van der Waals surface area contributed by atoms with Crippen LogP contribution in [0, 0.1) is 20.8 Å². The van der Waals surface area contributed by atoms with Gasteiger partial charge in [0.2, 0.25) is 5.55 Å². The third kappa shape index (κ3) is 3.10. The molecular weight excluding hydrogens is 336 g/mol. The minimum Gasteiger partial charge on any atom is -0.507 e. The van der Waals surface area contributed by atoms with Crippen LogP contribution >= 0.6 is 0 Å². The van der Waals surface area contributed by atoms with Gasteiger partial charge in [0.25, 0.3) is 0 Å². The Bertz CT molecular complexity index is 1200. The maximum atomic E-state index is 10.4. The summed E-state index contributed by atoms with van der Waals surface area (Å²) in [4.78, 5) is 9.61. The number of fused-ring (bicyclic) bond motifs is 1. The minimum atomic E-state index is 0.145. The molecule has 0 spiro atoms. The molecule has 1 N–H and O–H groups in total. The number of aromatic hydroxyl groups is 1. The smallest absolute Gasteiger partial charge is 0.246 e. The van der Waals surface area contributed by atoms with E-state index in [9.17, 15) is 5.11 Å². The highest BCUT2D eigenvalue weighted by atomic mass is 16.3. The second-order valence-corrected chi connectivity index (χ2v) is 6.66. The molecule has 3 aromatic carbocycles. The number of phenolic OH excluding ortho intramolecular Hbond substituents is 1. The molecule has 4 heteroatoms. The molecule has 0 saturated heterocycles. The quantitative estimate of drug-likeness (QED) is 0.526. The van der Waals surface area contributed by atoms with Crippen LogP contribution in [-0.2, 0) is 0 Å². The zero-order valence-corrected chi connectivity index (χ0v) is 15.5. The molecule has 0 aliphatic carbocycles. The zero-order valence-electron chi connectivity index (χ0n) is 15.5. The van der Waals surface area contributed by atoms with Crippen molar-refractivity contribution in [1.29, 1.82) is 0 Å². The van der Waals surface area contributed by atoms with Crippen molar-refractivity contribution >= 4 is 16.8 Å². The predicted molar refractivity (Wildman–Crippen MR) is 107 cm³/mol. The Hall–Kier alpha value is -3.40. The van der Waals surface area contributed by atoms with E-state index in [1.165, 1.54) is 0 Å². The Morgan fingerprint density at radius 1 is 0.815 bits per heavy atom. The van der Waals surface area contributed by atoms with Gasteiger partial charge >= 0.3 is 0 Å². The number of aromatic nitrogens is 1. The van der Waals surface area contributed by atoms with Crippen molar-refractivity contribution in [3.8, 4) is 17.0 Å². The number of aryl methyl sites for hydroxylation is 3. The molecule has 4 rings (SSSR count). The summed E-state index contributed by atoms with van der Waals surface area (Å²) in [5, 5.41) is 10.4. The Labute approximate surface area is 157 Å². The van der Waals surface area contributed by atoms with Crippen molar-refractivity contribution in [2.24, 2.45) is 4.99 Å². The van der Waals surface area contributed by atoms with E-state index in [-0.39, 0.29) is 5.75 Å². The molecule has 0 aliphatic rings. The van der Waals surface area contributed by atoms with Gasteiger partial charge in [0.15, 0.2) is 5.58 Å². The largest absolute Gasteiger partial charge is 0.507 e. The standard InChI is InChI=1S/C23H20N2O2/c1-14-8-6-9-15(2)20(14)25-23-22(17-11-4-5-12-18(17)26)24-21-16(3)10-7-13-19(21)27-23/h4-13,26H,1-3H3. The minimum absolute atomic E-state index is 0.145. The molecule has 0 bridgehead atoms. The van der Waals surface area contributed by atoms with Crippen LogP contribution in [0.15, 0.2) is 70.1 Å². The second-order valence-electron chi connectivity index (χ2n) is 6.66. The lowest BCUT2D eigenvalue weighted by molar-refractivity contribution is 0.475. The first-order chi connectivity index (χ1) is 13.0. The van der Waals surface area contributed by atoms with Crippen LogP contribution in [0.3, 0.4) is 0 Å². The van der Waals surface area contributed by atoms with Crippen molar-refractivity contribution in [2.45, 2.75) is 20.8 Å². The van der Waals surface area contributed by atoms with Gasteiger partial charge < -0.3 is 9.52 Å². The fraction of sp³-hybridized carbons (Fsp3) is 0.130. The van der Waals surface area contributed by atoms with Crippen LogP contribution < -0.4 is 5.55 Å². The van der Waals surface area contributed by atoms with Crippen molar-refractivity contribution in [3.05, 3.63) is 82.9 Å². The van der Waals surface area contributed by atoms with Crippen LogP contribution in [0.25, 0.3) is 22.4 Å². The lowest BCUT2D eigenvalue weighted by Gasteiger charge is -2.09. The molecule has 0 atom stereocenters. The highest BCUT2D eigenvalue weighted by Gasteiger charge is 2.14. The van der Waals surface area contributed by atoms with Crippen molar-refractivity contribution < 1.29 is 9.52 Å². The first kappa shape index (κ1) is 17.0. The molecule has 0 saturated carbocycles. The lowest BCUT2D eigenvalue weighted by atomic mass is 10.1. The Kier molecular flexibility index (Phi) is 4.24. The molecule has 0 aliphatic heterocycles. The molecule has 1 aromatic heterocycles. The molecule has 134 valence electrons. The summed E-state index contributed by atoms with van der Waals surface area (Å²) >= 11 is 0. The number of hydrogen-bond acceptors (Lipinski definition) is 4. The first-order valence-electron chi connectivity index (χ1n) is 8.84. The number of benzene rings is 3. The molecule has 0 fully saturated rings. The summed E-state index contributed by atoms with van der Waals surface area (Å²) in [7, 11) is 0. The van der Waals surface area contributed by atoms with Gasteiger partial charge in [-0.1, -0.05) is 42.5 Å². The van der Waals surface area contributed by atoms with Gasteiger partial charge in [-0.3, -0.25) is 0 Å². The van der Waals surface area contributed by atoms with E-state index in [2.05, 4.69) is 0 Å². The van der Waals surface area contributed by atoms with E-state index in [4.69, 9.17) is 14.4 Å². The zero-order chi connectivity index (χ0) is 19.0. The average molecular weight is 356 g/mol. The molecule has 0 amide bonds. The van der Waals surface area contributed by atoms with Crippen LogP contribution in [0.4, 0.5) is 5.69 Å². The highest BCUT2D eigenvalue weighted by Crippen LogP contribution is 2.28. The van der Waals surface area contributed by atoms with Crippen molar-refractivity contribution in [2.75, 3.05) is 0 Å². The summed E-state index contributed by atoms with van der Waals surface area (Å²) in [6.07, 6.45) is 0. The summed E-state index contributed by atoms with van der Waals surface area (Å²) in [5.41, 5.74) is 6.89. The normalized spacial score (nSPS) is 11.9. The van der Waals surface area contributed by atoms with E-state index in [0.29, 0.717) is 22.4 Å². The molecule has 27 heavy (non-hydrogen) atoms. The second kappa shape index (κ2) is 6.72. The fourth-order valence-corrected chi connectivity index (χ4v) is 3.18. The monoisotopic (exact) mass is 356 g/mol. The van der Waals surface area contributed by atoms with Crippen LogP contribution in [0.2, 0.25) is 0 Å². The van der Waals surface area contributed by atoms with Gasteiger partial charge in [0, 0.05) is 5.56 Å². The number of rotatable bonds is 2. The maximum absolute atomic E-state index is 10.4. The average Bonchev–Trinajstić information content (AvgIpc) is 2.65. The number of para-hydroxylation sites is 3. The van der Waals surface area contributed by atoms with E-state index < -0.39 is 0 Å². The number of phenols is 1. The highest BCUT2D eigenvalue weighted by molar-refractivity contribution is 5.79. The van der Waals surface area contributed by atoms with Gasteiger partial charge in [0.05, 0.1) is 5.69 Å². The summed E-state index contributed by atoms with van der Waals surface area (Å²) in [6.45, 7) is 6.02. The van der Waals surface area contributed by atoms with Gasteiger partial charge in [-0.2, -0.15) is 0 Å². The van der Waals surface area contributed by atoms with Crippen LogP contribution in [0.1, 0.15) is 16.7 Å². The van der Waals surface area contributed by atoms with Gasteiger partial charge in [-0.05, 0) is 55.7 Å². The van der Waals surface area contributed by atoms with E-state index in [0.717, 1.165) is 27.9 Å². The lowest BCUT2D eigenvalue weighted by Crippen LogP contribution is -2.09. The van der Waals surface area contributed by atoms with Crippen LogP contribution in [-0.4, -0.2) is 10.1 Å². The Morgan fingerprint density at radius 2 is 1.48 bits per heavy atom. The molecule has 4 nitrogen and oxygen atoms in total. The van der Waals surface area contributed by atoms with Gasteiger partial charge in [-0.25, -0.2) is 9.98 Å². The molecule has 4 aromatic rings. The van der Waals surface area contributed by atoms with E-state index >= 15 is 0 Å². The third-order valence-corrected chi connectivity index (χ3v) is 4.65. The van der Waals surface area contributed by atoms with Crippen LogP contribution in [0.5, 0.6) is 5.75 Å². The third-order valence-electron chi connectivity index (χ3n) is 4.65.